The van der Waals surface area contributed by atoms with Gasteiger partial charge in [-0.3, -0.25) is 0 Å². The zero-order valence-electron chi connectivity index (χ0n) is 10.1. The second-order valence-corrected chi connectivity index (χ2v) is 5.35. The number of rotatable bonds is 4. The van der Waals surface area contributed by atoms with E-state index in [0.29, 0.717) is 24.4 Å². The highest BCUT2D eigenvalue weighted by Crippen LogP contribution is 2.29. The Balaban J connectivity index is 1.85. The molecule has 92 valence electrons. The first kappa shape index (κ1) is 11.7. The van der Waals surface area contributed by atoms with Crippen molar-refractivity contribution < 1.29 is 4.79 Å². The van der Waals surface area contributed by atoms with Crippen LogP contribution in [0.5, 0.6) is 0 Å². The number of carbonyl (C=O) groups is 1. The van der Waals surface area contributed by atoms with E-state index in [0.717, 1.165) is 13.1 Å². The predicted molar refractivity (Wildman–Crippen MR) is 64.1 cm³/mol. The molecule has 4 heteroatoms. The SMILES string of the molecule is CC(CN)CN1CC(C2CCCC2)NC1=O. The Morgan fingerprint density at radius 2 is 2.19 bits per heavy atom. The lowest BCUT2D eigenvalue weighted by Crippen LogP contribution is -2.34. The Morgan fingerprint density at radius 1 is 1.50 bits per heavy atom. The fourth-order valence-electron chi connectivity index (χ4n) is 2.85. The number of nitrogens with two attached hydrogens (primary N) is 1. The summed E-state index contributed by atoms with van der Waals surface area (Å²) >= 11 is 0. The lowest BCUT2D eigenvalue weighted by atomic mass is 9.99. The summed E-state index contributed by atoms with van der Waals surface area (Å²) in [6.07, 6.45) is 5.23. The van der Waals surface area contributed by atoms with Crippen LogP contribution in [0.1, 0.15) is 32.6 Å². The molecule has 0 aromatic heterocycles. The molecular formula is C12H23N3O. The summed E-state index contributed by atoms with van der Waals surface area (Å²) in [5.41, 5.74) is 5.59. The molecule has 1 saturated carbocycles. The molecule has 1 aliphatic carbocycles. The molecule has 0 radical (unpaired) electrons. The summed E-state index contributed by atoms with van der Waals surface area (Å²) < 4.78 is 0. The van der Waals surface area contributed by atoms with Gasteiger partial charge in [0.1, 0.15) is 0 Å². The molecular weight excluding hydrogens is 202 g/mol. The second-order valence-electron chi connectivity index (χ2n) is 5.35. The summed E-state index contributed by atoms with van der Waals surface area (Å²) in [5, 5.41) is 3.12. The van der Waals surface area contributed by atoms with Crippen LogP contribution in [0, 0.1) is 11.8 Å². The number of hydrogen-bond acceptors (Lipinski definition) is 2. The van der Waals surface area contributed by atoms with E-state index >= 15 is 0 Å². The van der Waals surface area contributed by atoms with Gasteiger partial charge in [0, 0.05) is 13.1 Å². The topological polar surface area (TPSA) is 58.4 Å². The van der Waals surface area contributed by atoms with Gasteiger partial charge in [-0.2, -0.15) is 0 Å². The van der Waals surface area contributed by atoms with Crippen molar-refractivity contribution in [3.8, 4) is 0 Å². The first-order chi connectivity index (χ1) is 7.70. The molecule has 1 heterocycles. The van der Waals surface area contributed by atoms with Gasteiger partial charge in [0.25, 0.3) is 0 Å². The maximum absolute atomic E-state index is 11.8. The van der Waals surface area contributed by atoms with Crippen LogP contribution in [0.25, 0.3) is 0 Å². The minimum absolute atomic E-state index is 0.109. The molecule has 1 saturated heterocycles. The van der Waals surface area contributed by atoms with Gasteiger partial charge in [0.05, 0.1) is 6.04 Å². The van der Waals surface area contributed by atoms with Crippen molar-refractivity contribution in [1.29, 1.82) is 0 Å². The lowest BCUT2D eigenvalue weighted by molar-refractivity contribution is 0.210. The number of amides is 2. The molecule has 2 atom stereocenters. The Kier molecular flexibility index (Phi) is 3.69. The minimum atomic E-state index is 0.109. The number of hydrogen-bond donors (Lipinski definition) is 2. The zero-order valence-corrected chi connectivity index (χ0v) is 10.1. The fourth-order valence-corrected chi connectivity index (χ4v) is 2.85. The third kappa shape index (κ3) is 2.48. The highest BCUT2D eigenvalue weighted by molar-refractivity contribution is 5.77. The first-order valence-electron chi connectivity index (χ1n) is 6.46. The third-order valence-corrected chi connectivity index (χ3v) is 3.92. The summed E-state index contributed by atoms with van der Waals surface area (Å²) in [6.45, 7) is 4.42. The molecule has 0 aromatic rings. The lowest BCUT2D eigenvalue weighted by Gasteiger charge is -2.20. The molecule has 2 fully saturated rings. The number of nitrogens with one attached hydrogen (secondary N) is 1. The van der Waals surface area contributed by atoms with E-state index in [9.17, 15) is 4.79 Å². The molecule has 2 rings (SSSR count). The van der Waals surface area contributed by atoms with Crippen LogP contribution in [0.3, 0.4) is 0 Å². The van der Waals surface area contributed by atoms with Crippen molar-refractivity contribution in [3.63, 3.8) is 0 Å². The molecule has 0 bridgehead atoms. The number of carbonyl (C=O) groups excluding carboxylic acids is 1. The van der Waals surface area contributed by atoms with Gasteiger partial charge in [-0.25, -0.2) is 4.79 Å². The Labute approximate surface area is 97.6 Å². The maximum Gasteiger partial charge on any atom is 0.317 e. The largest absolute Gasteiger partial charge is 0.333 e. The second kappa shape index (κ2) is 5.04. The molecule has 16 heavy (non-hydrogen) atoms. The number of nitrogens with zero attached hydrogens (tertiary/aromatic N) is 1. The van der Waals surface area contributed by atoms with E-state index in [-0.39, 0.29) is 6.03 Å². The van der Waals surface area contributed by atoms with E-state index in [1.165, 1.54) is 25.7 Å². The maximum atomic E-state index is 11.8. The van der Waals surface area contributed by atoms with Gasteiger partial charge < -0.3 is 16.0 Å². The molecule has 0 aromatic carbocycles. The van der Waals surface area contributed by atoms with Crippen molar-refractivity contribution in [3.05, 3.63) is 0 Å². The van der Waals surface area contributed by atoms with Crippen molar-refractivity contribution in [2.24, 2.45) is 17.6 Å². The zero-order chi connectivity index (χ0) is 11.5. The van der Waals surface area contributed by atoms with Crippen LogP contribution in [-0.4, -0.2) is 36.6 Å². The Hall–Kier alpha value is -0.770. The normalized spacial score (nSPS) is 28.5. The average Bonchev–Trinajstić information content (AvgIpc) is 2.88. The van der Waals surface area contributed by atoms with Crippen LogP contribution in [0.15, 0.2) is 0 Å². The molecule has 4 nitrogen and oxygen atoms in total. The summed E-state index contributed by atoms with van der Waals surface area (Å²) in [6, 6.07) is 0.497. The molecule has 0 spiro atoms. The van der Waals surface area contributed by atoms with Gasteiger partial charge in [-0.1, -0.05) is 19.8 Å². The highest BCUT2D eigenvalue weighted by atomic mass is 16.2. The van der Waals surface area contributed by atoms with Crippen molar-refractivity contribution in [2.75, 3.05) is 19.6 Å². The first-order valence-corrected chi connectivity index (χ1v) is 6.46. The van der Waals surface area contributed by atoms with Crippen LogP contribution in [0.4, 0.5) is 4.79 Å². The van der Waals surface area contributed by atoms with Crippen molar-refractivity contribution in [1.82, 2.24) is 10.2 Å². The molecule has 3 N–H and O–H groups in total. The summed E-state index contributed by atoms with van der Waals surface area (Å²) in [7, 11) is 0. The minimum Gasteiger partial charge on any atom is -0.333 e. The van der Waals surface area contributed by atoms with Gasteiger partial charge >= 0.3 is 6.03 Å². The Bertz CT molecular complexity index is 251. The van der Waals surface area contributed by atoms with Crippen LogP contribution in [-0.2, 0) is 0 Å². The molecule has 2 amide bonds. The average molecular weight is 225 g/mol. The highest BCUT2D eigenvalue weighted by Gasteiger charge is 2.35. The van der Waals surface area contributed by atoms with E-state index in [4.69, 9.17) is 5.73 Å². The Morgan fingerprint density at radius 3 is 2.81 bits per heavy atom. The van der Waals surface area contributed by atoms with Gasteiger partial charge in [0.2, 0.25) is 0 Å². The fraction of sp³-hybridized carbons (Fsp3) is 0.917. The van der Waals surface area contributed by atoms with Gasteiger partial charge in [-0.15, -0.1) is 0 Å². The monoisotopic (exact) mass is 225 g/mol. The quantitative estimate of drug-likeness (QED) is 0.754. The molecule has 1 aliphatic heterocycles. The predicted octanol–water partition coefficient (Wildman–Crippen LogP) is 1.17. The van der Waals surface area contributed by atoms with E-state index in [2.05, 4.69) is 12.2 Å². The van der Waals surface area contributed by atoms with Crippen LogP contribution in [0.2, 0.25) is 0 Å². The van der Waals surface area contributed by atoms with E-state index in [1.807, 2.05) is 4.90 Å². The van der Waals surface area contributed by atoms with Crippen molar-refractivity contribution in [2.45, 2.75) is 38.6 Å². The van der Waals surface area contributed by atoms with Crippen LogP contribution < -0.4 is 11.1 Å². The summed E-state index contributed by atoms with van der Waals surface area (Å²) in [4.78, 5) is 13.7. The summed E-state index contributed by atoms with van der Waals surface area (Å²) in [5.74, 6) is 1.11. The van der Waals surface area contributed by atoms with Crippen molar-refractivity contribution >= 4 is 6.03 Å². The van der Waals surface area contributed by atoms with Crippen LogP contribution >= 0.6 is 0 Å². The smallest absolute Gasteiger partial charge is 0.317 e. The molecule has 2 unspecified atom stereocenters. The van der Waals surface area contributed by atoms with Gasteiger partial charge in [-0.05, 0) is 31.2 Å². The molecule has 2 aliphatic rings. The van der Waals surface area contributed by atoms with E-state index < -0.39 is 0 Å². The number of urea groups is 1. The van der Waals surface area contributed by atoms with E-state index in [1.54, 1.807) is 0 Å². The van der Waals surface area contributed by atoms with Gasteiger partial charge in [0.15, 0.2) is 0 Å². The standard InChI is InChI=1S/C12H23N3O/c1-9(6-13)7-15-8-11(14-12(15)16)10-4-2-3-5-10/h9-11H,2-8,13H2,1H3,(H,14,16). The third-order valence-electron chi connectivity index (χ3n) is 3.92.